The number of aliphatic carboxylic acids is 1. The number of hydrogen-bond donors (Lipinski definition) is 2. The molecule has 0 amide bonds. The van der Waals surface area contributed by atoms with Gasteiger partial charge in [-0.3, -0.25) is 14.9 Å². The molecule has 0 saturated heterocycles. The Balaban J connectivity index is 2.90. The second kappa shape index (κ2) is 6.31. The molecule has 0 saturated carbocycles. The van der Waals surface area contributed by atoms with Gasteiger partial charge in [0.05, 0.1) is 9.40 Å². The van der Waals surface area contributed by atoms with E-state index in [-0.39, 0.29) is 18.0 Å². The van der Waals surface area contributed by atoms with Crippen LogP contribution in [0.2, 0.25) is 0 Å². The van der Waals surface area contributed by atoms with Crippen LogP contribution in [0, 0.1) is 10.1 Å². The van der Waals surface area contributed by atoms with Crippen molar-refractivity contribution in [2.45, 2.75) is 6.04 Å². The lowest BCUT2D eigenvalue weighted by Crippen LogP contribution is -2.39. The minimum atomic E-state index is -1.09. The molecule has 2 N–H and O–H groups in total. The van der Waals surface area contributed by atoms with Crippen molar-refractivity contribution in [1.29, 1.82) is 0 Å². The first kappa shape index (κ1) is 14.4. The number of para-hydroxylation sites is 1. The lowest BCUT2D eigenvalue weighted by Gasteiger charge is -2.13. The molecule has 0 aliphatic rings. The molecular formula is C10H11BrN2O5. The van der Waals surface area contributed by atoms with Crippen LogP contribution in [-0.2, 0) is 4.79 Å². The van der Waals surface area contributed by atoms with E-state index in [1.165, 1.54) is 19.2 Å². The number of halogens is 1. The predicted molar refractivity (Wildman–Crippen MR) is 66.8 cm³/mol. The summed E-state index contributed by atoms with van der Waals surface area (Å²) in [6, 6.07) is 3.44. The molecule has 0 spiro atoms. The molecule has 0 aromatic heterocycles. The molecule has 1 atom stereocenters. The van der Waals surface area contributed by atoms with Gasteiger partial charge in [-0.1, -0.05) is 6.07 Å². The van der Waals surface area contributed by atoms with Crippen LogP contribution in [0.5, 0.6) is 5.75 Å². The number of carbonyl (C=O) groups is 1. The van der Waals surface area contributed by atoms with Crippen LogP contribution in [0.25, 0.3) is 0 Å². The van der Waals surface area contributed by atoms with E-state index in [9.17, 15) is 14.9 Å². The molecule has 1 aromatic rings. The van der Waals surface area contributed by atoms with E-state index >= 15 is 0 Å². The Morgan fingerprint density at radius 1 is 1.67 bits per heavy atom. The lowest BCUT2D eigenvalue weighted by atomic mass is 10.3. The highest BCUT2D eigenvalue weighted by atomic mass is 79.9. The number of ether oxygens (including phenoxy) is 1. The third-order valence-corrected chi connectivity index (χ3v) is 2.81. The van der Waals surface area contributed by atoms with Crippen molar-refractivity contribution in [3.05, 3.63) is 32.8 Å². The van der Waals surface area contributed by atoms with Gasteiger partial charge in [-0.2, -0.15) is 0 Å². The van der Waals surface area contributed by atoms with E-state index < -0.39 is 16.9 Å². The van der Waals surface area contributed by atoms with Crippen molar-refractivity contribution < 1.29 is 19.6 Å². The number of rotatable bonds is 6. The fraction of sp³-hybridized carbons (Fsp3) is 0.300. The summed E-state index contributed by atoms with van der Waals surface area (Å²) in [6.45, 7) is -0.213. The largest absolute Gasteiger partial charge is 0.484 e. The quantitative estimate of drug-likeness (QED) is 0.607. The number of benzene rings is 1. The standard InChI is InChI=1S/C10H11BrN2O5/c1-12-7(10(14)15)5-18-9-6(11)3-2-4-8(9)13(16)17/h2-4,7,12H,5H2,1H3,(H,14,15). The molecule has 0 aliphatic heterocycles. The van der Waals surface area contributed by atoms with Gasteiger partial charge >= 0.3 is 11.7 Å². The number of nitro groups is 1. The van der Waals surface area contributed by atoms with E-state index in [1.807, 2.05) is 0 Å². The summed E-state index contributed by atoms with van der Waals surface area (Å²) in [4.78, 5) is 21.0. The molecule has 1 aromatic carbocycles. The Bertz CT molecular complexity index is 466. The summed E-state index contributed by atoms with van der Waals surface area (Å²) in [7, 11) is 1.47. The molecule has 1 unspecified atom stereocenters. The smallest absolute Gasteiger partial charge is 0.324 e. The Morgan fingerprint density at radius 2 is 2.33 bits per heavy atom. The Labute approximate surface area is 111 Å². The average molecular weight is 319 g/mol. The topological polar surface area (TPSA) is 102 Å². The zero-order valence-electron chi connectivity index (χ0n) is 9.42. The number of nitro benzene ring substituents is 1. The number of likely N-dealkylation sites (N-methyl/N-ethyl adjacent to an activating group) is 1. The third kappa shape index (κ3) is 3.41. The van der Waals surface area contributed by atoms with Gasteiger partial charge in [0.25, 0.3) is 0 Å². The first-order chi connectivity index (χ1) is 8.47. The summed E-state index contributed by atoms with van der Waals surface area (Å²) in [5, 5.41) is 22.1. The Morgan fingerprint density at radius 3 is 2.83 bits per heavy atom. The van der Waals surface area contributed by atoms with Gasteiger partial charge < -0.3 is 15.2 Å². The molecule has 18 heavy (non-hydrogen) atoms. The Hall–Kier alpha value is -1.67. The molecule has 0 aliphatic carbocycles. The van der Waals surface area contributed by atoms with Crippen molar-refractivity contribution >= 4 is 27.6 Å². The highest BCUT2D eigenvalue weighted by Crippen LogP contribution is 2.34. The van der Waals surface area contributed by atoms with Crippen molar-refractivity contribution in [2.75, 3.05) is 13.7 Å². The monoisotopic (exact) mass is 318 g/mol. The fourth-order valence-electron chi connectivity index (χ4n) is 1.23. The second-order valence-corrected chi connectivity index (χ2v) is 4.19. The number of carboxylic acid groups (broad SMARTS) is 1. The van der Waals surface area contributed by atoms with Gasteiger partial charge in [0.1, 0.15) is 12.6 Å². The van der Waals surface area contributed by atoms with E-state index in [0.29, 0.717) is 4.47 Å². The maximum absolute atomic E-state index is 10.8. The van der Waals surface area contributed by atoms with Gasteiger partial charge in [0.15, 0.2) is 0 Å². The first-order valence-electron chi connectivity index (χ1n) is 4.93. The number of hydrogen-bond acceptors (Lipinski definition) is 5. The fourth-order valence-corrected chi connectivity index (χ4v) is 1.70. The van der Waals surface area contributed by atoms with Crippen molar-refractivity contribution in [1.82, 2.24) is 5.32 Å². The normalized spacial score (nSPS) is 11.9. The van der Waals surface area contributed by atoms with Crippen LogP contribution in [0.15, 0.2) is 22.7 Å². The summed E-state index contributed by atoms with van der Waals surface area (Å²) >= 11 is 3.13. The number of carboxylic acids is 1. The van der Waals surface area contributed by atoms with Gasteiger partial charge in [0.2, 0.25) is 5.75 Å². The van der Waals surface area contributed by atoms with Crippen molar-refractivity contribution in [3.63, 3.8) is 0 Å². The first-order valence-corrected chi connectivity index (χ1v) is 5.72. The molecule has 0 radical (unpaired) electrons. The zero-order valence-corrected chi connectivity index (χ0v) is 11.0. The lowest BCUT2D eigenvalue weighted by molar-refractivity contribution is -0.386. The van der Waals surface area contributed by atoms with E-state index in [4.69, 9.17) is 9.84 Å². The predicted octanol–water partition coefficient (Wildman–Crippen LogP) is 1.41. The number of nitrogens with one attached hydrogen (secondary N) is 1. The van der Waals surface area contributed by atoms with Crippen LogP contribution in [-0.4, -0.2) is 35.7 Å². The maximum Gasteiger partial charge on any atom is 0.324 e. The molecule has 98 valence electrons. The second-order valence-electron chi connectivity index (χ2n) is 3.34. The van der Waals surface area contributed by atoms with Crippen LogP contribution < -0.4 is 10.1 Å². The van der Waals surface area contributed by atoms with Gasteiger partial charge in [0, 0.05) is 6.07 Å². The molecule has 1 rings (SSSR count). The van der Waals surface area contributed by atoms with E-state index in [2.05, 4.69) is 21.2 Å². The van der Waals surface area contributed by atoms with Gasteiger partial charge in [-0.25, -0.2) is 0 Å². The van der Waals surface area contributed by atoms with Crippen molar-refractivity contribution in [3.8, 4) is 5.75 Å². The minimum Gasteiger partial charge on any atom is -0.484 e. The van der Waals surface area contributed by atoms with Crippen LogP contribution in [0.1, 0.15) is 0 Å². The third-order valence-electron chi connectivity index (χ3n) is 2.18. The molecule has 8 heteroatoms. The maximum atomic E-state index is 10.8. The molecule has 0 heterocycles. The summed E-state index contributed by atoms with van der Waals surface area (Å²) < 4.78 is 5.61. The number of nitrogens with zero attached hydrogens (tertiary/aromatic N) is 1. The highest BCUT2D eigenvalue weighted by molar-refractivity contribution is 9.10. The zero-order chi connectivity index (χ0) is 13.7. The Kier molecular flexibility index (Phi) is 5.05. The molecule has 0 fully saturated rings. The highest BCUT2D eigenvalue weighted by Gasteiger charge is 2.21. The summed E-state index contributed by atoms with van der Waals surface area (Å²) in [5.74, 6) is -1.07. The SMILES string of the molecule is CNC(COc1c(Br)cccc1[N+](=O)[O-])C(=O)O. The minimum absolute atomic E-state index is 0.0176. The molecule has 7 nitrogen and oxygen atoms in total. The average Bonchev–Trinajstić information content (AvgIpc) is 2.30. The van der Waals surface area contributed by atoms with Gasteiger partial charge in [-0.05, 0) is 29.0 Å². The van der Waals surface area contributed by atoms with Gasteiger partial charge in [-0.15, -0.1) is 0 Å². The molecular weight excluding hydrogens is 308 g/mol. The van der Waals surface area contributed by atoms with Crippen LogP contribution >= 0.6 is 15.9 Å². The van der Waals surface area contributed by atoms with Crippen LogP contribution in [0.3, 0.4) is 0 Å². The van der Waals surface area contributed by atoms with E-state index in [1.54, 1.807) is 6.07 Å². The molecule has 0 bridgehead atoms. The summed E-state index contributed by atoms with van der Waals surface area (Å²) in [5.41, 5.74) is -0.218. The van der Waals surface area contributed by atoms with E-state index in [0.717, 1.165) is 0 Å². The summed E-state index contributed by atoms with van der Waals surface area (Å²) in [6.07, 6.45) is 0. The van der Waals surface area contributed by atoms with Crippen molar-refractivity contribution in [2.24, 2.45) is 0 Å². The van der Waals surface area contributed by atoms with Crippen LogP contribution in [0.4, 0.5) is 5.69 Å².